The number of guanidine groups is 1. The molecule has 3 aromatic rings. The number of rotatable bonds is 4. The van der Waals surface area contributed by atoms with Crippen molar-refractivity contribution >= 4 is 35.6 Å². The molecule has 146 valence electrons. The summed E-state index contributed by atoms with van der Waals surface area (Å²) in [4.78, 5) is 4.55. The molecule has 3 N–H and O–H groups in total. The number of aryl methyl sites for hydroxylation is 4. The third-order valence-electron chi connectivity index (χ3n) is 5.02. The molecule has 5 nitrogen and oxygen atoms in total. The maximum absolute atomic E-state index is 6.14. The number of fused-ring (bicyclic) bond motifs is 1. The number of aromatic nitrogens is 2. The molecule has 1 aliphatic carbocycles. The Hall–Kier alpha value is -2.35. The lowest BCUT2D eigenvalue weighted by Gasteiger charge is -2.11. The zero-order valence-corrected chi connectivity index (χ0v) is 18.6. The summed E-state index contributed by atoms with van der Waals surface area (Å²) in [7, 11) is 0. The molecule has 0 bridgehead atoms. The highest BCUT2D eigenvalue weighted by Crippen LogP contribution is 2.25. The smallest absolute Gasteiger partial charge is 0.193 e. The number of para-hydroxylation sites is 1. The number of nitrogens with one attached hydrogen (secondary N) is 1. The summed E-state index contributed by atoms with van der Waals surface area (Å²) in [5, 5.41) is 7.81. The van der Waals surface area contributed by atoms with Crippen molar-refractivity contribution in [2.24, 2.45) is 10.7 Å². The van der Waals surface area contributed by atoms with Crippen LogP contribution in [-0.4, -0.2) is 15.7 Å². The summed E-state index contributed by atoms with van der Waals surface area (Å²) in [5.41, 5.74) is 14.2. The molecule has 0 aliphatic heterocycles. The molecule has 1 heterocycles. The van der Waals surface area contributed by atoms with E-state index in [1.54, 1.807) is 0 Å². The molecule has 2 aromatic carbocycles. The van der Waals surface area contributed by atoms with Crippen LogP contribution in [0.5, 0.6) is 0 Å². The molecule has 0 saturated heterocycles. The Morgan fingerprint density at radius 1 is 1.11 bits per heavy atom. The number of hydrogen-bond donors (Lipinski definition) is 2. The van der Waals surface area contributed by atoms with Crippen molar-refractivity contribution in [1.29, 1.82) is 0 Å². The van der Waals surface area contributed by atoms with Gasteiger partial charge in [0.25, 0.3) is 0 Å². The van der Waals surface area contributed by atoms with Crippen LogP contribution in [0.1, 0.15) is 34.5 Å². The highest BCUT2D eigenvalue weighted by molar-refractivity contribution is 14.0. The molecular weight excluding hydrogens is 461 g/mol. The van der Waals surface area contributed by atoms with Crippen molar-refractivity contribution in [1.82, 2.24) is 9.78 Å². The number of nitrogens with two attached hydrogens (primary N) is 1. The van der Waals surface area contributed by atoms with E-state index in [0.717, 1.165) is 34.7 Å². The molecular formula is C22H26IN5. The Balaban J connectivity index is 0.00000225. The molecule has 0 spiro atoms. The monoisotopic (exact) mass is 487 g/mol. The van der Waals surface area contributed by atoms with Gasteiger partial charge in [0.2, 0.25) is 0 Å². The molecule has 0 saturated carbocycles. The van der Waals surface area contributed by atoms with Gasteiger partial charge in [-0.1, -0.05) is 24.3 Å². The standard InChI is InChI=1S/C22H25N5.HI/c1-15-12-16(2)27(26-15)21-9-4-3-6-19(21)14-24-22(23)25-20-11-10-17-7-5-8-18(17)13-20;/h3-4,6,9-13H,5,7-8,14H2,1-2H3,(H3,23,24,25);1H. The van der Waals surface area contributed by atoms with E-state index in [4.69, 9.17) is 5.73 Å². The van der Waals surface area contributed by atoms with Gasteiger partial charge in [0.15, 0.2) is 5.96 Å². The van der Waals surface area contributed by atoms with Gasteiger partial charge in [-0.25, -0.2) is 9.67 Å². The van der Waals surface area contributed by atoms with Gasteiger partial charge in [0, 0.05) is 11.4 Å². The van der Waals surface area contributed by atoms with Crippen LogP contribution in [-0.2, 0) is 19.4 Å². The molecule has 0 unspecified atom stereocenters. The summed E-state index contributed by atoms with van der Waals surface area (Å²) >= 11 is 0. The molecule has 1 aliphatic rings. The van der Waals surface area contributed by atoms with Crippen LogP contribution in [0.25, 0.3) is 5.69 Å². The largest absolute Gasteiger partial charge is 0.370 e. The van der Waals surface area contributed by atoms with Crippen molar-refractivity contribution in [3.05, 3.63) is 76.6 Å². The SMILES string of the molecule is Cc1cc(C)n(-c2ccccc2CN=C(N)Nc2ccc3c(c2)CCC3)n1.I. The average molecular weight is 487 g/mol. The Morgan fingerprint density at radius 3 is 2.68 bits per heavy atom. The van der Waals surface area contributed by atoms with Gasteiger partial charge in [0.05, 0.1) is 17.9 Å². The van der Waals surface area contributed by atoms with Crippen molar-refractivity contribution < 1.29 is 0 Å². The molecule has 0 radical (unpaired) electrons. The average Bonchev–Trinajstić information content (AvgIpc) is 3.25. The first kappa shape index (κ1) is 20.4. The van der Waals surface area contributed by atoms with E-state index in [1.807, 2.05) is 23.7 Å². The maximum Gasteiger partial charge on any atom is 0.193 e. The van der Waals surface area contributed by atoms with Crippen molar-refractivity contribution in [3.63, 3.8) is 0 Å². The Labute approximate surface area is 183 Å². The topological polar surface area (TPSA) is 68.2 Å². The lowest BCUT2D eigenvalue weighted by atomic mass is 10.1. The quantitative estimate of drug-likeness (QED) is 0.323. The normalized spacial score (nSPS) is 13.1. The van der Waals surface area contributed by atoms with E-state index < -0.39 is 0 Å². The van der Waals surface area contributed by atoms with Crippen LogP contribution in [0.15, 0.2) is 53.5 Å². The van der Waals surface area contributed by atoms with Gasteiger partial charge >= 0.3 is 0 Å². The van der Waals surface area contributed by atoms with Crippen LogP contribution >= 0.6 is 24.0 Å². The van der Waals surface area contributed by atoms with E-state index in [0.29, 0.717) is 12.5 Å². The third kappa shape index (κ3) is 4.38. The summed E-state index contributed by atoms with van der Waals surface area (Å²) in [6.45, 7) is 4.56. The van der Waals surface area contributed by atoms with Crippen molar-refractivity contribution in [2.45, 2.75) is 39.7 Å². The summed E-state index contributed by atoms with van der Waals surface area (Å²) < 4.78 is 1.96. The van der Waals surface area contributed by atoms with E-state index in [-0.39, 0.29) is 24.0 Å². The van der Waals surface area contributed by atoms with E-state index >= 15 is 0 Å². The molecule has 6 heteroatoms. The van der Waals surface area contributed by atoms with Gasteiger partial charge in [-0.3, -0.25) is 0 Å². The lowest BCUT2D eigenvalue weighted by molar-refractivity contribution is 0.818. The van der Waals surface area contributed by atoms with Crippen molar-refractivity contribution in [2.75, 3.05) is 5.32 Å². The number of halogens is 1. The number of anilines is 1. The van der Waals surface area contributed by atoms with Gasteiger partial charge in [0.1, 0.15) is 0 Å². The minimum atomic E-state index is 0. The number of nitrogens with zero attached hydrogens (tertiary/aromatic N) is 3. The van der Waals surface area contributed by atoms with Gasteiger partial charge in [-0.2, -0.15) is 5.10 Å². The second kappa shape index (κ2) is 8.77. The highest BCUT2D eigenvalue weighted by Gasteiger charge is 2.11. The predicted molar refractivity (Wildman–Crippen MR) is 126 cm³/mol. The number of hydrogen-bond acceptors (Lipinski definition) is 2. The number of aliphatic imine (C=N–C) groups is 1. The zero-order chi connectivity index (χ0) is 18.8. The lowest BCUT2D eigenvalue weighted by Crippen LogP contribution is -2.22. The van der Waals surface area contributed by atoms with Crippen molar-refractivity contribution in [3.8, 4) is 5.69 Å². The fourth-order valence-corrected chi connectivity index (χ4v) is 3.73. The summed E-state index contributed by atoms with van der Waals surface area (Å²) in [6, 6.07) is 16.7. The maximum atomic E-state index is 6.14. The van der Waals surface area contributed by atoms with Crippen LogP contribution in [0.2, 0.25) is 0 Å². The first-order valence-electron chi connectivity index (χ1n) is 9.40. The minimum absolute atomic E-state index is 0. The fraction of sp³-hybridized carbons (Fsp3) is 0.273. The van der Waals surface area contributed by atoms with Gasteiger partial charge in [-0.15, -0.1) is 24.0 Å². The first-order chi connectivity index (χ1) is 13.1. The molecule has 4 rings (SSSR count). The second-order valence-corrected chi connectivity index (χ2v) is 7.13. The molecule has 0 fully saturated rings. The first-order valence-corrected chi connectivity index (χ1v) is 9.40. The van der Waals surface area contributed by atoms with E-state index in [1.165, 1.54) is 24.0 Å². The zero-order valence-electron chi connectivity index (χ0n) is 16.3. The Kier molecular flexibility index (Phi) is 6.39. The summed E-state index contributed by atoms with van der Waals surface area (Å²) in [6.07, 6.45) is 3.58. The number of benzene rings is 2. The summed E-state index contributed by atoms with van der Waals surface area (Å²) in [5.74, 6) is 0.427. The Bertz CT molecular complexity index is 1010. The van der Waals surface area contributed by atoms with Crippen LogP contribution in [0.4, 0.5) is 5.69 Å². The molecule has 0 atom stereocenters. The molecule has 0 amide bonds. The predicted octanol–water partition coefficient (Wildman–Crippen LogP) is 4.52. The molecule has 1 aromatic heterocycles. The second-order valence-electron chi connectivity index (χ2n) is 7.13. The third-order valence-corrected chi connectivity index (χ3v) is 5.02. The van der Waals surface area contributed by atoms with Crippen LogP contribution < -0.4 is 11.1 Å². The van der Waals surface area contributed by atoms with Gasteiger partial charge in [-0.05, 0) is 74.1 Å². The molecule has 28 heavy (non-hydrogen) atoms. The minimum Gasteiger partial charge on any atom is -0.370 e. The van der Waals surface area contributed by atoms with E-state index in [2.05, 4.69) is 58.7 Å². The fourth-order valence-electron chi connectivity index (χ4n) is 3.73. The van der Waals surface area contributed by atoms with Crippen LogP contribution in [0.3, 0.4) is 0 Å². The van der Waals surface area contributed by atoms with Crippen LogP contribution in [0, 0.1) is 13.8 Å². The highest BCUT2D eigenvalue weighted by atomic mass is 127. The Morgan fingerprint density at radius 2 is 1.89 bits per heavy atom. The van der Waals surface area contributed by atoms with Gasteiger partial charge < -0.3 is 11.1 Å². The van der Waals surface area contributed by atoms with E-state index in [9.17, 15) is 0 Å².